The zero-order valence-electron chi connectivity index (χ0n) is 44.0. The van der Waals surface area contributed by atoms with Gasteiger partial charge in [-0.05, 0) is 152 Å². The third-order valence-corrected chi connectivity index (χ3v) is 17.7. The fraction of sp³-hybridized carbons (Fsp3) is 0.467. The van der Waals surface area contributed by atoms with Crippen molar-refractivity contribution in [2.75, 3.05) is 56.6 Å². The Labute approximate surface area is 438 Å². The van der Waals surface area contributed by atoms with E-state index in [1.165, 1.54) is 41.3 Å². The van der Waals surface area contributed by atoms with Gasteiger partial charge in [-0.2, -0.15) is 0 Å². The summed E-state index contributed by atoms with van der Waals surface area (Å²) in [6.07, 6.45) is 13.8. The smallest absolute Gasteiger partial charge is 0.268 e. The predicted octanol–water partition coefficient (Wildman–Crippen LogP) is 10.8. The summed E-state index contributed by atoms with van der Waals surface area (Å²) >= 11 is 0. The number of carbonyl (C=O) groups excluding carboxylic acids is 1. The average molecular weight is 1020 g/mol. The number of allylic oxidation sites excluding steroid dienone is 1. The number of anilines is 2. The first-order valence-corrected chi connectivity index (χ1v) is 28.5. The monoisotopic (exact) mass is 1020 g/mol. The van der Waals surface area contributed by atoms with Gasteiger partial charge in [-0.3, -0.25) is 14.6 Å². The summed E-state index contributed by atoms with van der Waals surface area (Å²) in [5.41, 5.74) is 9.32. The largest absolute Gasteiger partial charge is 0.496 e. The van der Waals surface area contributed by atoms with E-state index in [0.717, 1.165) is 112 Å². The van der Waals surface area contributed by atoms with Gasteiger partial charge in [0.25, 0.3) is 15.9 Å². The number of ether oxygens (including phenoxy) is 2. The normalized spacial score (nSPS) is 22.1. The van der Waals surface area contributed by atoms with Crippen molar-refractivity contribution in [3.63, 3.8) is 0 Å². The number of aryl methyl sites for hydroxylation is 1. The third-order valence-electron chi connectivity index (χ3n) is 16.4. The molecule has 1 amide bonds. The molecule has 1 atom stereocenters. The summed E-state index contributed by atoms with van der Waals surface area (Å²) in [7, 11) is -2.54. The number of benzene rings is 3. The van der Waals surface area contributed by atoms with Crippen molar-refractivity contribution in [1.29, 1.82) is 0 Å². The number of hydrogen-bond donors (Lipinski definition) is 4. The highest BCUT2D eigenvalue weighted by atomic mass is 32.2. The van der Waals surface area contributed by atoms with E-state index in [4.69, 9.17) is 9.47 Å². The maximum Gasteiger partial charge on any atom is 0.268 e. The SMILES string of the molecule is C=C1CC(Oc2cc(N3CCC(N4CCN(Cc5ccc(C6CC6)c(OC)c5)C[C@H]4c4ccccc4C(C)C)CC3)ccc2C(=O)NS(=O)(=O)c2cnc(NC[C@H]3CC[C@](C)(O)CC3)c(CC)c2)=Cc2cc[nH]c21. The summed E-state index contributed by atoms with van der Waals surface area (Å²) in [6, 6.07) is 25.5. The highest BCUT2D eigenvalue weighted by Gasteiger charge is 2.37. The Bertz CT molecular complexity index is 3000. The van der Waals surface area contributed by atoms with E-state index in [-0.39, 0.29) is 22.3 Å². The third kappa shape index (κ3) is 11.5. The summed E-state index contributed by atoms with van der Waals surface area (Å²) < 4.78 is 42.9. The van der Waals surface area contributed by atoms with Crippen molar-refractivity contribution < 1.29 is 27.8 Å². The van der Waals surface area contributed by atoms with Crippen LogP contribution in [-0.2, 0) is 23.0 Å². The van der Waals surface area contributed by atoms with Crippen LogP contribution in [0.25, 0.3) is 11.6 Å². The first kappa shape index (κ1) is 51.6. The highest BCUT2D eigenvalue weighted by molar-refractivity contribution is 7.90. The van der Waals surface area contributed by atoms with Gasteiger partial charge in [0.15, 0.2) is 0 Å². The van der Waals surface area contributed by atoms with Crippen molar-refractivity contribution in [3.8, 4) is 11.5 Å². The summed E-state index contributed by atoms with van der Waals surface area (Å²) in [4.78, 5) is 29.7. The molecule has 3 aromatic carbocycles. The summed E-state index contributed by atoms with van der Waals surface area (Å²) in [5, 5.41) is 13.8. The van der Waals surface area contributed by atoms with Gasteiger partial charge in [-0.15, -0.1) is 0 Å². The average Bonchev–Trinajstić information content (AvgIpc) is 4.13. The minimum atomic E-state index is -4.33. The molecule has 4 fully saturated rings. The molecule has 2 aliphatic heterocycles. The molecule has 2 saturated carbocycles. The van der Waals surface area contributed by atoms with Gasteiger partial charge < -0.3 is 29.8 Å². The van der Waals surface area contributed by atoms with Crippen LogP contribution in [0.15, 0.2) is 102 Å². The predicted molar refractivity (Wildman–Crippen MR) is 294 cm³/mol. The highest BCUT2D eigenvalue weighted by Crippen LogP contribution is 2.45. The fourth-order valence-corrected chi connectivity index (χ4v) is 12.9. The molecule has 0 unspecified atom stereocenters. The molecule has 5 aromatic rings. The van der Waals surface area contributed by atoms with Crippen LogP contribution in [-0.4, -0.2) is 97.2 Å². The number of aromatic amines is 1. The number of H-pyrrole nitrogens is 1. The lowest BCUT2D eigenvalue weighted by Crippen LogP contribution is -2.54. The van der Waals surface area contributed by atoms with Crippen LogP contribution in [0.5, 0.6) is 11.5 Å². The second-order valence-corrected chi connectivity index (χ2v) is 23.8. The molecule has 2 saturated heterocycles. The number of piperazine rings is 1. The summed E-state index contributed by atoms with van der Waals surface area (Å²) in [5.74, 6) is 3.15. The minimum absolute atomic E-state index is 0.0920. The molecular formula is C60H75N7O6S. The number of aromatic nitrogens is 2. The van der Waals surface area contributed by atoms with E-state index in [2.05, 4.69) is 97.6 Å². The van der Waals surface area contributed by atoms with Crippen LogP contribution >= 0.6 is 0 Å². The van der Waals surface area contributed by atoms with Gasteiger partial charge in [0.1, 0.15) is 28.0 Å². The number of nitrogens with zero attached hydrogens (tertiary/aromatic N) is 4. The number of piperidine rings is 1. The topological polar surface area (TPSA) is 152 Å². The van der Waals surface area contributed by atoms with Crippen LogP contribution < -0.4 is 24.4 Å². The quantitative estimate of drug-likeness (QED) is 0.0704. The second kappa shape index (κ2) is 21.7. The number of pyridine rings is 1. The molecule has 0 radical (unpaired) electrons. The Morgan fingerprint density at radius 1 is 0.946 bits per heavy atom. The van der Waals surface area contributed by atoms with Gasteiger partial charge in [0.2, 0.25) is 0 Å². The molecule has 2 aromatic heterocycles. The molecule has 13 nitrogen and oxygen atoms in total. The molecule has 10 rings (SSSR count). The molecule has 14 heteroatoms. The van der Waals surface area contributed by atoms with Crippen molar-refractivity contribution in [1.82, 2.24) is 24.5 Å². The number of aliphatic hydroxyl groups is 1. The van der Waals surface area contributed by atoms with Crippen molar-refractivity contribution in [2.24, 2.45) is 5.92 Å². The standard InChI is InChI=1S/C60H75N7O6S/c1-7-43-33-49(36-63-58(43)62-35-41-18-23-60(5,69)24-19-41)74(70,71)64-59(68)53-17-15-47(34-56(53)73-48-30-40(4)57-45(32-48)20-25-61-57)66-26-21-46(22-27-66)67-29-28-65(38-54(67)52-11-9-8-10-50(52)39(2)3)37-42-12-16-51(44-13-14-44)55(31-42)72-6/h8-12,15-17,20,25,31-34,36,39,41,44,46,54,61,69H,4,7,13-14,18-19,21-24,26-30,35,37-38H2,1-3,5-6H3,(H,62,63)(H,64,68)/t41-,54-,60-/m0/s1. The number of rotatable bonds is 17. The molecular weight excluding hydrogens is 947 g/mol. The van der Waals surface area contributed by atoms with Crippen LogP contribution in [0.2, 0.25) is 0 Å². The van der Waals surface area contributed by atoms with Crippen LogP contribution in [0, 0.1) is 5.92 Å². The van der Waals surface area contributed by atoms with Crippen molar-refractivity contribution in [2.45, 2.75) is 133 Å². The number of fused-ring (bicyclic) bond motifs is 1. The van der Waals surface area contributed by atoms with E-state index < -0.39 is 21.5 Å². The first-order valence-electron chi connectivity index (χ1n) is 27.0. The lowest BCUT2D eigenvalue weighted by Gasteiger charge is -2.48. The zero-order chi connectivity index (χ0) is 51.7. The fourth-order valence-electron chi connectivity index (χ4n) is 11.9. The van der Waals surface area contributed by atoms with Gasteiger partial charge in [-0.25, -0.2) is 18.1 Å². The number of amides is 1. The molecule has 3 aliphatic carbocycles. The lowest BCUT2D eigenvalue weighted by molar-refractivity contribution is 0.00975. The van der Waals surface area contributed by atoms with E-state index >= 15 is 0 Å². The van der Waals surface area contributed by atoms with Gasteiger partial charge in [-0.1, -0.05) is 63.7 Å². The number of carbonyl (C=O) groups is 1. The van der Waals surface area contributed by atoms with Crippen LogP contribution in [0.4, 0.5) is 11.5 Å². The summed E-state index contributed by atoms with van der Waals surface area (Å²) in [6.45, 7) is 18.8. The number of nitrogens with one attached hydrogen (secondary N) is 3. The molecule has 4 heterocycles. The van der Waals surface area contributed by atoms with Crippen molar-refractivity contribution >= 4 is 39.1 Å². The Balaban J connectivity index is 0.858. The van der Waals surface area contributed by atoms with E-state index in [1.807, 2.05) is 44.3 Å². The molecule has 0 spiro atoms. The molecule has 0 bridgehead atoms. The van der Waals surface area contributed by atoms with E-state index in [1.54, 1.807) is 19.2 Å². The van der Waals surface area contributed by atoms with Crippen molar-refractivity contribution in [3.05, 3.63) is 142 Å². The molecule has 392 valence electrons. The minimum Gasteiger partial charge on any atom is -0.496 e. The van der Waals surface area contributed by atoms with Gasteiger partial charge in [0.05, 0.1) is 18.3 Å². The van der Waals surface area contributed by atoms with E-state index in [9.17, 15) is 18.3 Å². The van der Waals surface area contributed by atoms with Gasteiger partial charge in [0, 0.05) is 99.7 Å². The Morgan fingerprint density at radius 2 is 1.73 bits per heavy atom. The lowest BCUT2D eigenvalue weighted by atomic mass is 9.80. The Morgan fingerprint density at radius 3 is 2.47 bits per heavy atom. The second-order valence-electron chi connectivity index (χ2n) is 22.1. The number of sulfonamides is 1. The van der Waals surface area contributed by atoms with Crippen LogP contribution in [0.1, 0.15) is 153 Å². The molecule has 74 heavy (non-hydrogen) atoms. The van der Waals surface area contributed by atoms with Gasteiger partial charge >= 0.3 is 0 Å². The zero-order valence-corrected chi connectivity index (χ0v) is 44.8. The first-order chi connectivity index (χ1) is 35.6. The Hall–Kier alpha value is -5.93. The molecule has 4 N–H and O–H groups in total. The Kier molecular flexibility index (Phi) is 15.1. The maximum absolute atomic E-state index is 14.3. The van der Waals surface area contributed by atoms with E-state index in [0.29, 0.717) is 54.8 Å². The maximum atomic E-state index is 14.3. The number of hydrogen-bond acceptors (Lipinski definition) is 11. The van der Waals surface area contributed by atoms with Crippen LogP contribution in [0.3, 0.4) is 0 Å². The molecule has 5 aliphatic rings. The number of methoxy groups -OCH3 is 1.